The minimum Gasteiger partial charge on any atom is -0.389 e. The lowest BCUT2D eigenvalue weighted by Crippen LogP contribution is -2.33. The second kappa shape index (κ2) is 6.07. The molecule has 0 saturated heterocycles. The summed E-state index contributed by atoms with van der Waals surface area (Å²) in [4.78, 5) is 2.38. The smallest absolute Gasteiger partial charge is 0.0772 e. The lowest BCUT2D eigenvalue weighted by molar-refractivity contribution is 0.198. The molecule has 1 fully saturated rings. The predicted molar refractivity (Wildman–Crippen MR) is 80.1 cm³/mol. The Hall–Kier alpha value is -0.540. The highest BCUT2D eigenvalue weighted by Gasteiger charge is 2.19. The summed E-state index contributed by atoms with van der Waals surface area (Å²) >= 11 is 3.55. The first-order valence-corrected chi connectivity index (χ1v) is 7.59. The molecular weight excluding hydrogens is 290 g/mol. The lowest BCUT2D eigenvalue weighted by Gasteiger charge is -2.33. The van der Waals surface area contributed by atoms with Crippen LogP contribution in [0.25, 0.3) is 0 Å². The van der Waals surface area contributed by atoms with Crippen LogP contribution in [-0.4, -0.2) is 18.2 Å². The Morgan fingerprint density at radius 1 is 1.28 bits per heavy atom. The van der Waals surface area contributed by atoms with Gasteiger partial charge in [0.15, 0.2) is 0 Å². The van der Waals surface area contributed by atoms with Gasteiger partial charge in [-0.1, -0.05) is 41.3 Å². The van der Waals surface area contributed by atoms with Crippen molar-refractivity contribution < 1.29 is 5.11 Å². The van der Waals surface area contributed by atoms with Crippen molar-refractivity contribution in [2.75, 3.05) is 11.9 Å². The fraction of sp³-hybridized carbons (Fsp3) is 0.600. The maximum atomic E-state index is 9.64. The van der Waals surface area contributed by atoms with Crippen molar-refractivity contribution in [3.05, 3.63) is 28.2 Å². The van der Waals surface area contributed by atoms with Crippen LogP contribution < -0.4 is 4.90 Å². The molecule has 1 aromatic rings. The van der Waals surface area contributed by atoms with Crippen LogP contribution in [0, 0.1) is 0 Å². The summed E-state index contributed by atoms with van der Waals surface area (Å²) in [6.45, 7) is 1.80. The van der Waals surface area contributed by atoms with Crippen LogP contribution in [0.3, 0.4) is 0 Å². The predicted octanol–water partition coefficient (Wildman–Crippen LogP) is 4.27. The van der Waals surface area contributed by atoms with E-state index in [1.807, 2.05) is 6.07 Å². The van der Waals surface area contributed by atoms with Crippen LogP contribution in [0.1, 0.15) is 50.7 Å². The normalized spacial score (nSPS) is 18.7. The van der Waals surface area contributed by atoms with E-state index in [4.69, 9.17) is 0 Å². The van der Waals surface area contributed by atoms with E-state index in [2.05, 4.69) is 40.0 Å². The van der Waals surface area contributed by atoms with Gasteiger partial charge in [0, 0.05) is 23.2 Å². The SMILES string of the molecule is CC(O)c1ccc(N(C)C2CCCCC2)cc1Br. The number of hydrogen-bond acceptors (Lipinski definition) is 2. The molecule has 1 aliphatic rings. The molecule has 0 heterocycles. The monoisotopic (exact) mass is 311 g/mol. The highest BCUT2D eigenvalue weighted by molar-refractivity contribution is 9.10. The highest BCUT2D eigenvalue weighted by atomic mass is 79.9. The molecule has 1 aromatic carbocycles. The zero-order chi connectivity index (χ0) is 13.1. The summed E-state index contributed by atoms with van der Waals surface area (Å²) in [7, 11) is 2.18. The lowest BCUT2D eigenvalue weighted by atomic mass is 9.94. The van der Waals surface area contributed by atoms with Crippen molar-refractivity contribution >= 4 is 21.6 Å². The maximum Gasteiger partial charge on any atom is 0.0772 e. The van der Waals surface area contributed by atoms with Crippen LogP contribution in [0.15, 0.2) is 22.7 Å². The van der Waals surface area contributed by atoms with Crippen LogP contribution >= 0.6 is 15.9 Å². The molecule has 0 aliphatic heterocycles. The number of halogens is 1. The summed E-state index contributed by atoms with van der Waals surface area (Å²) in [5.74, 6) is 0. The number of nitrogens with zero attached hydrogens (tertiary/aromatic N) is 1. The molecule has 2 nitrogen and oxygen atoms in total. The first kappa shape index (κ1) is 13.9. The number of aliphatic hydroxyl groups excluding tert-OH is 1. The van der Waals surface area contributed by atoms with Gasteiger partial charge in [-0.25, -0.2) is 0 Å². The maximum absolute atomic E-state index is 9.64. The van der Waals surface area contributed by atoms with Gasteiger partial charge in [0.25, 0.3) is 0 Å². The van der Waals surface area contributed by atoms with E-state index < -0.39 is 6.10 Å². The number of benzene rings is 1. The molecule has 0 radical (unpaired) electrons. The van der Waals surface area contributed by atoms with Gasteiger partial charge in [0.05, 0.1) is 6.10 Å². The van der Waals surface area contributed by atoms with E-state index in [0.717, 1.165) is 10.0 Å². The second-order valence-corrected chi connectivity index (χ2v) is 6.14. The molecule has 0 bridgehead atoms. The average molecular weight is 312 g/mol. The number of hydrogen-bond donors (Lipinski definition) is 1. The standard InChI is InChI=1S/C15H22BrNO/c1-11(18)14-9-8-13(10-15(14)16)17(2)12-6-4-3-5-7-12/h8-12,18H,3-7H2,1-2H3. The van der Waals surface area contributed by atoms with Gasteiger partial charge in [0.2, 0.25) is 0 Å². The average Bonchev–Trinajstić information content (AvgIpc) is 2.38. The van der Waals surface area contributed by atoms with Crippen LogP contribution in [-0.2, 0) is 0 Å². The van der Waals surface area contributed by atoms with E-state index in [1.165, 1.54) is 37.8 Å². The summed E-state index contributed by atoms with van der Waals surface area (Å²) < 4.78 is 0.998. The van der Waals surface area contributed by atoms with E-state index in [-0.39, 0.29) is 0 Å². The highest BCUT2D eigenvalue weighted by Crippen LogP contribution is 2.31. The molecule has 0 spiro atoms. The van der Waals surface area contributed by atoms with E-state index in [9.17, 15) is 5.11 Å². The molecule has 2 rings (SSSR count). The van der Waals surface area contributed by atoms with Crippen molar-refractivity contribution in [2.24, 2.45) is 0 Å². The fourth-order valence-corrected chi connectivity index (χ4v) is 3.45. The Balaban J connectivity index is 2.15. The molecule has 3 heteroatoms. The third-order valence-corrected chi connectivity index (χ3v) is 4.65. The first-order valence-electron chi connectivity index (χ1n) is 6.80. The van der Waals surface area contributed by atoms with Gasteiger partial charge in [0.1, 0.15) is 0 Å². The minimum absolute atomic E-state index is 0.423. The summed E-state index contributed by atoms with van der Waals surface area (Å²) in [5.41, 5.74) is 2.19. The van der Waals surface area contributed by atoms with Gasteiger partial charge in [-0.15, -0.1) is 0 Å². The zero-order valence-corrected chi connectivity index (χ0v) is 12.8. The van der Waals surface area contributed by atoms with Crippen molar-refractivity contribution in [3.63, 3.8) is 0 Å². The quantitative estimate of drug-likeness (QED) is 0.901. The zero-order valence-electron chi connectivity index (χ0n) is 11.2. The first-order chi connectivity index (χ1) is 8.59. The summed E-state index contributed by atoms with van der Waals surface area (Å²) in [5, 5.41) is 9.64. The van der Waals surface area contributed by atoms with Crippen LogP contribution in [0.2, 0.25) is 0 Å². The number of anilines is 1. The molecule has 1 saturated carbocycles. The van der Waals surface area contributed by atoms with Gasteiger partial charge in [-0.3, -0.25) is 0 Å². The molecule has 18 heavy (non-hydrogen) atoms. The largest absolute Gasteiger partial charge is 0.389 e. The van der Waals surface area contributed by atoms with Crippen molar-refractivity contribution in [3.8, 4) is 0 Å². The molecule has 1 atom stereocenters. The summed E-state index contributed by atoms with van der Waals surface area (Å²) in [6.07, 6.45) is 6.26. The molecule has 1 aliphatic carbocycles. The van der Waals surface area contributed by atoms with Crippen molar-refractivity contribution in [2.45, 2.75) is 51.2 Å². The molecule has 0 amide bonds. The molecular formula is C15H22BrNO. The third kappa shape index (κ3) is 3.07. The summed E-state index contributed by atoms with van der Waals surface area (Å²) in [6, 6.07) is 6.92. The topological polar surface area (TPSA) is 23.5 Å². The second-order valence-electron chi connectivity index (χ2n) is 5.28. The van der Waals surface area contributed by atoms with E-state index in [0.29, 0.717) is 6.04 Å². The van der Waals surface area contributed by atoms with Gasteiger partial charge in [-0.05, 0) is 37.5 Å². The van der Waals surface area contributed by atoms with E-state index in [1.54, 1.807) is 6.92 Å². The van der Waals surface area contributed by atoms with Crippen molar-refractivity contribution in [1.82, 2.24) is 0 Å². The van der Waals surface area contributed by atoms with Gasteiger partial charge < -0.3 is 10.0 Å². The van der Waals surface area contributed by atoms with Gasteiger partial charge >= 0.3 is 0 Å². The number of aliphatic hydroxyl groups is 1. The fourth-order valence-electron chi connectivity index (χ4n) is 2.75. The third-order valence-electron chi connectivity index (χ3n) is 3.96. The minimum atomic E-state index is -0.423. The Kier molecular flexibility index (Phi) is 4.68. The Morgan fingerprint density at radius 2 is 1.94 bits per heavy atom. The Bertz CT molecular complexity index is 399. The van der Waals surface area contributed by atoms with E-state index >= 15 is 0 Å². The van der Waals surface area contributed by atoms with Crippen molar-refractivity contribution in [1.29, 1.82) is 0 Å². The molecule has 1 unspecified atom stereocenters. The van der Waals surface area contributed by atoms with Crippen LogP contribution in [0.5, 0.6) is 0 Å². The molecule has 0 aromatic heterocycles. The molecule has 1 N–H and O–H groups in total. The Labute approximate surface area is 118 Å². The Morgan fingerprint density at radius 3 is 2.50 bits per heavy atom. The number of rotatable bonds is 3. The van der Waals surface area contributed by atoms with Gasteiger partial charge in [-0.2, -0.15) is 0 Å². The molecule has 100 valence electrons. The van der Waals surface area contributed by atoms with Crippen LogP contribution in [0.4, 0.5) is 5.69 Å².